The molecule has 1 N–H and O–H groups in total. The first-order valence-electron chi connectivity index (χ1n) is 5.37. The number of H-pyrrole nitrogens is 1. The molecule has 0 aliphatic rings. The SMILES string of the molecule is COC(=O)c1ccc2c(c1)[nH]c(=O)n2C(C)C. The fourth-order valence-electron chi connectivity index (χ4n) is 1.89. The second-order valence-corrected chi connectivity index (χ2v) is 4.12. The highest BCUT2D eigenvalue weighted by atomic mass is 16.5. The molecule has 90 valence electrons. The molecule has 1 aromatic carbocycles. The number of carbonyl (C=O) groups excluding carboxylic acids is 1. The molecule has 0 atom stereocenters. The summed E-state index contributed by atoms with van der Waals surface area (Å²) in [6, 6.07) is 5.10. The summed E-state index contributed by atoms with van der Waals surface area (Å²) in [4.78, 5) is 25.8. The first-order chi connectivity index (χ1) is 8.04. The van der Waals surface area contributed by atoms with Crippen LogP contribution in [0.15, 0.2) is 23.0 Å². The number of benzene rings is 1. The third-order valence-electron chi connectivity index (χ3n) is 2.65. The second kappa shape index (κ2) is 4.08. The first-order valence-corrected chi connectivity index (χ1v) is 5.37. The Bertz CT molecular complexity index is 622. The summed E-state index contributed by atoms with van der Waals surface area (Å²) in [6.45, 7) is 3.87. The van der Waals surface area contributed by atoms with Crippen molar-refractivity contribution in [1.29, 1.82) is 0 Å². The number of imidazole rings is 1. The minimum atomic E-state index is -0.412. The molecule has 17 heavy (non-hydrogen) atoms. The molecule has 0 unspecified atom stereocenters. The third-order valence-corrected chi connectivity index (χ3v) is 2.65. The van der Waals surface area contributed by atoms with Crippen LogP contribution in [0.25, 0.3) is 11.0 Å². The number of methoxy groups -OCH3 is 1. The minimum Gasteiger partial charge on any atom is -0.465 e. The van der Waals surface area contributed by atoms with E-state index in [2.05, 4.69) is 9.72 Å². The van der Waals surface area contributed by atoms with Crippen LogP contribution in [0.1, 0.15) is 30.2 Å². The Hall–Kier alpha value is -2.04. The average molecular weight is 234 g/mol. The van der Waals surface area contributed by atoms with Gasteiger partial charge in [0.1, 0.15) is 0 Å². The van der Waals surface area contributed by atoms with E-state index in [0.29, 0.717) is 11.1 Å². The zero-order chi connectivity index (χ0) is 12.6. The molecule has 0 saturated heterocycles. The Morgan fingerprint density at radius 1 is 1.41 bits per heavy atom. The van der Waals surface area contributed by atoms with Gasteiger partial charge >= 0.3 is 11.7 Å². The molecular formula is C12H14N2O3. The maximum Gasteiger partial charge on any atom is 0.337 e. The monoisotopic (exact) mass is 234 g/mol. The van der Waals surface area contributed by atoms with Crippen LogP contribution in [0, 0.1) is 0 Å². The van der Waals surface area contributed by atoms with Gasteiger partial charge in [0.25, 0.3) is 0 Å². The molecular weight excluding hydrogens is 220 g/mol. The highest BCUT2D eigenvalue weighted by molar-refractivity contribution is 5.93. The Morgan fingerprint density at radius 3 is 2.71 bits per heavy atom. The number of aromatic amines is 1. The second-order valence-electron chi connectivity index (χ2n) is 4.12. The Labute approximate surface area is 98.0 Å². The predicted octanol–water partition coefficient (Wildman–Crippen LogP) is 1.70. The lowest BCUT2D eigenvalue weighted by Gasteiger charge is -2.06. The number of nitrogens with one attached hydrogen (secondary N) is 1. The number of hydrogen-bond acceptors (Lipinski definition) is 3. The number of esters is 1. The molecule has 0 aliphatic heterocycles. The van der Waals surface area contributed by atoms with Crippen LogP contribution in [0.3, 0.4) is 0 Å². The van der Waals surface area contributed by atoms with Gasteiger partial charge in [0.05, 0.1) is 23.7 Å². The highest BCUT2D eigenvalue weighted by Crippen LogP contribution is 2.16. The number of rotatable bonds is 2. The lowest BCUT2D eigenvalue weighted by atomic mass is 10.2. The van der Waals surface area contributed by atoms with Crippen molar-refractivity contribution < 1.29 is 9.53 Å². The van der Waals surface area contributed by atoms with Gasteiger partial charge in [-0.15, -0.1) is 0 Å². The van der Waals surface area contributed by atoms with Crippen molar-refractivity contribution in [2.75, 3.05) is 7.11 Å². The van der Waals surface area contributed by atoms with E-state index >= 15 is 0 Å². The number of carbonyl (C=O) groups is 1. The Balaban J connectivity index is 2.66. The van der Waals surface area contributed by atoms with Crippen molar-refractivity contribution in [3.8, 4) is 0 Å². The van der Waals surface area contributed by atoms with Crippen molar-refractivity contribution in [3.05, 3.63) is 34.2 Å². The van der Waals surface area contributed by atoms with Gasteiger partial charge in [0.15, 0.2) is 0 Å². The van der Waals surface area contributed by atoms with Crippen molar-refractivity contribution >= 4 is 17.0 Å². The zero-order valence-corrected chi connectivity index (χ0v) is 9.98. The molecule has 0 bridgehead atoms. The van der Waals surface area contributed by atoms with Gasteiger partial charge in [-0.25, -0.2) is 9.59 Å². The molecule has 1 aromatic heterocycles. The topological polar surface area (TPSA) is 64.1 Å². The van der Waals surface area contributed by atoms with Crippen LogP contribution in [0.4, 0.5) is 0 Å². The summed E-state index contributed by atoms with van der Waals surface area (Å²) in [6.07, 6.45) is 0. The summed E-state index contributed by atoms with van der Waals surface area (Å²) in [7, 11) is 1.33. The maximum absolute atomic E-state index is 11.7. The molecule has 5 nitrogen and oxygen atoms in total. The normalized spacial score (nSPS) is 11.1. The largest absolute Gasteiger partial charge is 0.465 e. The molecule has 0 spiro atoms. The van der Waals surface area contributed by atoms with E-state index in [1.54, 1.807) is 22.8 Å². The van der Waals surface area contributed by atoms with Gasteiger partial charge in [-0.1, -0.05) is 0 Å². The lowest BCUT2D eigenvalue weighted by Crippen LogP contribution is -2.18. The lowest BCUT2D eigenvalue weighted by molar-refractivity contribution is 0.0601. The number of hydrogen-bond donors (Lipinski definition) is 1. The van der Waals surface area contributed by atoms with E-state index in [0.717, 1.165) is 5.52 Å². The summed E-state index contributed by atoms with van der Waals surface area (Å²) >= 11 is 0. The van der Waals surface area contributed by atoms with Crippen LogP contribution in [0.5, 0.6) is 0 Å². The van der Waals surface area contributed by atoms with Gasteiger partial charge in [0, 0.05) is 6.04 Å². The smallest absolute Gasteiger partial charge is 0.337 e. The van der Waals surface area contributed by atoms with Crippen LogP contribution in [-0.4, -0.2) is 22.6 Å². The molecule has 0 aliphatic carbocycles. The molecule has 2 rings (SSSR count). The first kappa shape index (κ1) is 11.4. The zero-order valence-electron chi connectivity index (χ0n) is 9.98. The van der Waals surface area contributed by atoms with Crippen LogP contribution >= 0.6 is 0 Å². The summed E-state index contributed by atoms with van der Waals surface area (Å²) in [5, 5.41) is 0. The standard InChI is InChI=1S/C12H14N2O3/c1-7(2)14-10-5-4-8(11(15)17-3)6-9(10)13-12(14)16/h4-7H,1-3H3,(H,13,16). The van der Waals surface area contributed by atoms with Gasteiger partial charge in [-0.05, 0) is 32.0 Å². The molecule has 0 fully saturated rings. The van der Waals surface area contributed by atoms with E-state index in [1.165, 1.54) is 7.11 Å². The Morgan fingerprint density at radius 2 is 2.12 bits per heavy atom. The van der Waals surface area contributed by atoms with E-state index in [-0.39, 0.29) is 11.7 Å². The maximum atomic E-state index is 11.7. The molecule has 0 amide bonds. The van der Waals surface area contributed by atoms with Gasteiger partial charge in [-0.3, -0.25) is 4.57 Å². The third kappa shape index (κ3) is 1.84. The summed E-state index contributed by atoms with van der Waals surface area (Å²) < 4.78 is 6.28. The number of fused-ring (bicyclic) bond motifs is 1. The van der Waals surface area contributed by atoms with Crippen LogP contribution < -0.4 is 5.69 Å². The van der Waals surface area contributed by atoms with E-state index < -0.39 is 5.97 Å². The molecule has 2 aromatic rings. The molecule has 0 radical (unpaired) electrons. The highest BCUT2D eigenvalue weighted by Gasteiger charge is 2.12. The molecule has 0 saturated carbocycles. The van der Waals surface area contributed by atoms with Crippen molar-refractivity contribution in [2.24, 2.45) is 0 Å². The number of ether oxygens (including phenoxy) is 1. The summed E-state index contributed by atoms with van der Waals surface area (Å²) in [5.74, 6) is -0.412. The van der Waals surface area contributed by atoms with Crippen molar-refractivity contribution in [3.63, 3.8) is 0 Å². The fourth-order valence-corrected chi connectivity index (χ4v) is 1.89. The van der Waals surface area contributed by atoms with Gasteiger partial charge in [0.2, 0.25) is 0 Å². The fraction of sp³-hybridized carbons (Fsp3) is 0.333. The Kier molecular flexibility index (Phi) is 2.75. The summed E-state index contributed by atoms with van der Waals surface area (Å²) in [5.41, 5.74) is 1.69. The van der Waals surface area contributed by atoms with Crippen molar-refractivity contribution in [2.45, 2.75) is 19.9 Å². The number of nitrogens with zero attached hydrogens (tertiary/aromatic N) is 1. The van der Waals surface area contributed by atoms with Crippen molar-refractivity contribution in [1.82, 2.24) is 9.55 Å². The van der Waals surface area contributed by atoms with Crippen LogP contribution in [0.2, 0.25) is 0 Å². The van der Waals surface area contributed by atoms with E-state index in [4.69, 9.17) is 0 Å². The van der Waals surface area contributed by atoms with E-state index in [9.17, 15) is 9.59 Å². The van der Waals surface area contributed by atoms with E-state index in [1.807, 2.05) is 13.8 Å². The number of aromatic nitrogens is 2. The predicted molar refractivity (Wildman–Crippen MR) is 64.3 cm³/mol. The van der Waals surface area contributed by atoms with Gasteiger partial charge in [-0.2, -0.15) is 0 Å². The molecule has 5 heteroatoms. The minimum absolute atomic E-state index is 0.0697. The quantitative estimate of drug-likeness (QED) is 0.804. The van der Waals surface area contributed by atoms with Crippen LogP contribution in [-0.2, 0) is 4.74 Å². The molecule has 1 heterocycles. The average Bonchev–Trinajstić information content (AvgIpc) is 2.62. The van der Waals surface area contributed by atoms with Gasteiger partial charge < -0.3 is 9.72 Å².